The minimum absolute atomic E-state index is 0.00968. The van der Waals surface area contributed by atoms with Crippen molar-refractivity contribution in [3.8, 4) is 0 Å². The molecule has 12 nitrogen and oxygen atoms in total. The van der Waals surface area contributed by atoms with Gasteiger partial charge in [0.25, 0.3) is 0 Å². The summed E-state index contributed by atoms with van der Waals surface area (Å²) in [5.41, 5.74) is 5.45. The van der Waals surface area contributed by atoms with Crippen LogP contribution < -0.4 is 21.7 Å². The number of primary amides is 1. The van der Waals surface area contributed by atoms with Gasteiger partial charge in [-0.15, -0.1) is 0 Å². The minimum atomic E-state index is -1.27. The first-order chi connectivity index (χ1) is 19.4. The number of nitrogens with two attached hydrogens (primary N) is 1. The fraction of sp³-hybridized carbons (Fsp3) is 0.633. The number of carbonyl (C=O) groups is 5. The summed E-state index contributed by atoms with van der Waals surface area (Å²) in [6.45, 7) is 12.3. The second-order valence-corrected chi connectivity index (χ2v) is 12.2. The van der Waals surface area contributed by atoms with E-state index in [1.165, 1.54) is 7.05 Å². The average molecular weight is 592 g/mol. The van der Waals surface area contributed by atoms with Crippen LogP contribution in [-0.2, 0) is 30.5 Å². The lowest BCUT2D eigenvalue weighted by atomic mass is 9.92. The van der Waals surface area contributed by atoms with Crippen molar-refractivity contribution in [3.63, 3.8) is 0 Å². The van der Waals surface area contributed by atoms with Crippen LogP contribution in [0.25, 0.3) is 0 Å². The van der Waals surface area contributed by atoms with Gasteiger partial charge in [-0.05, 0) is 52.0 Å². The molecule has 1 aromatic rings. The lowest BCUT2D eigenvalue weighted by Crippen LogP contribution is -2.55. The number of carbonyl (C=O) groups excluding carboxylic acids is 5. The van der Waals surface area contributed by atoms with E-state index < -0.39 is 66.0 Å². The molecule has 12 heteroatoms. The molecule has 42 heavy (non-hydrogen) atoms. The number of nitrogens with zero attached hydrogens (tertiary/aromatic N) is 1. The Kier molecular flexibility index (Phi) is 14.4. The van der Waals surface area contributed by atoms with Gasteiger partial charge in [0.15, 0.2) is 0 Å². The number of benzene rings is 1. The lowest BCUT2D eigenvalue weighted by molar-refractivity contribution is -0.132. The molecule has 0 spiro atoms. The van der Waals surface area contributed by atoms with Crippen molar-refractivity contribution in [2.24, 2.45) is 17.6 Å². The summed E-state index contributed by atoms with van der Waals surface area (Å²) in [6.07, 6.45) is -2.05. The van der Waals surface area contributed by atoms with Crippen molar-refractivity contribution in [3.05, 3.63) is 35.9 Å². The molecule has 0 saturated carbocycles. The molecule has 0 aliphatic rings. The first kappa shape index (κ1) is 36.4. The third-order valence-electron chi connectivity index (χ3n) is 6.47. The van der Waals surface area contributed by atoms with Crippen molar-refractivity contribution in [2.75, 3.05) is 7.05 Å². The molecule has 0 fully saturated rings. The second-order valence-electron chi connectivity index (χ2n) is 12.2. The van der Waals surface area contributed by atoms with E-state index in [0.29, 0.717) is 13.0 Å². The topological polar surface area (TPSA) is 180 Å². The first-order valence-corrected chi connectivity index (χ1v) is 14.3. The van der Waals surface area contributed by atoms with Gasteiger partial charge in [0.1, 0.15) is 17.7 Å². The largest absolute Gasteiger partial charge is 0.444 e. The van der Waals surface area contributed by atoms with Crippen molar-refractivity contribution in [1.29, 1.82) is 0 Å². The Balaban J connectivity index is 2.87. The number of ether oxygens (including phenoxy) is 1. The zero-order valence-electron chi connectivity index (χ0n) is 26.1. The first-order valence-electron chi connectivity index (χ1n) is 14.3. The van der Waals surface area contributed by atoms with Gasteiger partial charge in [-0.3, -0.25) is 24.1 Å². The van der Waals surface area contributed by atoms with E-state index in [4.69, 9.17) is 10.5 Å². The summed E-state index contributed by atoms with van der Waals surface area (Å²) < 4.78 is 5.33. The molecule has 0 aliphatic carbocycles. The zero-order valence-corrected chi connectivity index (χ0v) is 26.1. The van der Waals surface area contributed by atoms with Gasteiger partial charge < -0.3 is 31.5 Å². The molecule has 5 amide bonds. The number of nitrogens with one attached hydrogen (secondary N) is 3. The number of amides is 5. The van der Waals surface area contributed by atoms with Crippen LogP contribution in [0.1, 0.15) is 73.3 Å². The third kappa shape index (κ3) is 13.3. The van der Waals surface area contributed by atoms with Crippen LogP contribution in [0.2, 0.25) is 0 Å². The summed E-state index contributed by atoms with van der Waals surface area (Å²) in [6, 6.07) is 6.51. The van der Waals surface area contributed by atoms with Crippen LogP contribution in [0.15, 0.2) is 30.3 Å². The number of likely N-dealkylation sites (N-methyl/N-ethyl adjacent to an activating group) is 1. The summed E-state index contributed by atoms with van der Waals surface area (Å²) >= 11 is 0. The fourth-order valence-electron chi connectivity index (χ4n) is 4.15. The number of rotatable bonds is 15. The van der Waals surface area contributed by atoms with Gasteiger partial charge in [0.2, 0.25) is 23.6 Å². The van der Waals surface area contributed by atoms with E-state index in [1.54, 1.807) is 34.6 Å². The van der Waals surface area contributed by atoms with E-state index in [1.807, 2.05) is 44.2 Å². The fourth-order valence-corrected chi connectivity index (χ4v) is 4.15. The number of aliphatic hydroxyl groups is 1. The third-order valence-corrected chi connectivity index (χ3v) is 6.47. The quantitative estimate of drug-likeness (QED) is 0.206. The predicted molar refractivity (Wildman–Crippen MR) is 159 cm³/mol. The van der Waals surface area contributed by atoms with Crippen molar-refractivity contribution in [2.45, 2.75) is 104 Å². The second kappa shape index (κ2) is 16.7. The van der Waals surface area contributed by atoms with E-state index in [0.717, 1.165) is 10.5 Å². The number of hydrogen-bond acceptors (Lipinski definition) is 7. The number of hydrogen-bond donors (Lipinski definition) is 5. The van der Waals surface area contributed by atoms with E-state index in [9.17, 15) is 29.1 Å². The Morgan fingerprint density at radius 3 is 2.05 bits per heavy atom. The summed E-state index contributed by atoms with van der Waals surface area (Å²) in [5.74, 6) is -2.89. The Morgan fingerprint density at radius 2 is 1.52 bits per heavy atom. The summed E-state index contributed by atoms with van der Waals surface area (Å²) in [5, 5.41) is 19.3. The molecule has 5 atom stereocenters. The van der Waals surface area contributed by atoms with Gasteiger partial charge in [0.05, 0.1) is 18.6 Å². The molecule has 0 heterocycles. The van der Waals surface area contributed by atoms with Crippen LogP contribution in [0.5, 0.6) is 0 Å². The Morgan fingerprint density at radius 1 is 0.929 bits per heavy atom. The molecule has 0 radical (unpaired) electrons. The molecule has 0 unspecified atom stereocenters. The monoisotopic (exact) mass is 591 g/mol. The normalized spacial score (nSPS) is 15.0. The van der Waals surface area contributed by atoms with E-state index in [2.05, 4.69) is 16.0 Å². The lowest BCUT2D eigenvalue weighted by Gasteiger charge is -2.32. The Hall–Kier alpha value is -3.67. The molecule has 6 N–H and O–H groups in total. The molecule has 1 rings (SSSR count). The Labute approximate surface area is 249 Å². The average Bonchev–Trinajstić information content (AvgIpc) is 2.88. The molecule has 0 bridgehead atoms. The van der Waals surface area contributed by atoms with Crippen molar-refractivity contribution in [1.82, 2.24) is 20.9 Å². The molecule has 236 valence electrons. The van der Waals surface area contributed by atoms with Crippen molar-refractivity contribution >= 4 is 29.7 Å². The molecule has 1 aromatic carbocycles. The van der Waals surface area contributed by atoms with Gasteiger partial charge in [-0.25, -0.2) is 4.79 Å². The summed E-state index contributed by atoms with van der Waals surface area (Å²) in [7, 11) is 1.33. The maximum atomic E-state index is 13.3. The highest BCUT2D eigenvalue weighted by Gasteiger charge is 2.35. The highest BCUT2D eigenvalue weighted by molar-refractivity contribution is 5.91. The van der Waals surface area contributed by atoms with Gasteiger partial charge in [0, 0.05) is 19.5 Å². The van der Waals surface area contributed by atoms with Crippen LogP contribution in [0.4, 0.5) is 4.79 Å². The van der Waals surface area contributed by atoms with E-state index >= 15 is 0 Å². The smallest absolute Gasteiger partial charge is 0.410 e. The maximum Gasteiger partial charge on any atom is 0.410 e. The molecule has 0 aliphatic heterocycles. The van der Waals surface area contributed by atoms with Gasteiger partial charge in [-0.1, -0.05) is 51.1 Å². The number of aliphatic hydroxyl groups excluding tert-OH is 1. The van der Waals surface area contributed by atoms with Crippen molar-refractivity contribution < 1.29 is 33.8 Å². The van der Waals surface area contributed by atoms with Crippen LogP contribution in [0, 0.1) is 11.8 Å². The Bertz CT molecular complexity index is 1060. The van der Waals surface area contributed by atoms with Gasteiger partial charge >= 0.3 is 6.09 Å². The van der Waals surface area contributed by atoms with E-state index in [-0.39, 0.29) is 18.2 Å². The molecular weight excluding hydrogens is 542 g/mol. The van der Waals surface area contributed by atoms with Crippen LogP contribution in [0.3, 0.4) is 0 Å². The molecular formula is C30H49N5O7. The van der Waals surface area contributed by atoms with Crippen LogP contribution in [-0.4, -0.2) is 76.6 Å². The SMILES string of the molecule is CC(C)C[C@H](NC(=O)[C@H](CC(N)=O)N(C)C(=O)OC(C)(C)C)[C@@H](O)C[C@@H](C)C(=O)N[C@@H](C)C(=O)NCc1ccccc1. The van der Waals surface area contributed by atoms with Crippen LogP contribution >= 0.6 is 0 Å². The standard InChI is InChI=1S/C30H49N5O7/c1-18(2)14-22(34-28(40)23(16-25(31)37)35(8)29(41)42-30(5,6)7)24(36)15-19(3)26(38)33-20(4)27(39)32-17-21-12-10-9-11-13-21/h9-13,18-20,22-24,36H,14-17H2,1-8H3,(H2,31,37)(H,32,39)(H,33,38)(H,34,40)/t19-,20+,22+,23+,24+/m1/s1. The van der Waals surface area contributed by atoms with Gasteiger partial charge in [-0.2, -0.15) is 0 Å². The highest BCUT2D eigenvalue weighted by Crippen LogP contribution is 2.18. The maximum absolute atomic E-state index is 13.3. The predicted octanol–water partition coefficient (Wildman–Crippen LogP) is 1.84. The molecule has 0 aromatic heterocycles. The molecule has 0 saturated heterocycles. The minimum Gasteiger partial charge on any atom is -0.444 e. The zero-order chi connectivity index (χ0) is 32.2. The highest BCUT2D eigenvalue weighted by atomic mass is 16.6. The summed E-state index contributed by atoms with van der Waals surface area (Å²) in [4.78, 5) is 63.9.